The Hall–Kier alpha value is -2.73. The maximum atomic E-state index is 12.7. The van der Waals surface area contributed by atoms with Gasteiger partial charge in [-0.15, -0.1) is 0 Å². The van der Waals surface area contributed by atoms with Crippen molar-refractivity contribution in [2.75, 3.05) is 25.5 Å². The van der Waals surface area contributed by atoms with Crippen molar-refractivity contribution < 1.29 is 9.59 Å². The number of pyridine rings is 1. The molecule has 2 heterocycles. The Balaban J connectivity index is 1.67. The summed E-state index contributed by atoms with van der Waals surface area (Å²) in [5.41, 5.74) is 1.67. The van der Waals surface area contributed by atoms with Crippen LogP contribution in [0.2, 0.25) is 0 Å². The summed E-state index contributed by atoms with van der Waals surface area (Å²) in [6.45, 7) is 1.49. The van der Waals surface area contributed by atoms with E-state index in [9.17, 15) is 9.59 Å². The van der Waals surface area contributed by atoms with Crippen LogP contribution in [0, 0.1) is 0 Å². The first-order valence-corrected chi connectivity index (χ1v) is 8.45. The van der Waals surface area contributed by atoms with Gasteiger partial charge in [0.1, 0.15) is 0 Å². The number of nitrogens with zero attached hydrogens (tertiary/aromatic N) is 2. The molecule has 1 fully saturated rings. The summed E-state index contributed by atoms with van der Waals surface area (Å²) in [4.78, 5) is 30.7. The Bertz CT molecular complexity index is 740. The van der Waals surface area contributed by atoms with Crippen molar-refractivity contribution in [1.82, 2.24) is 15.2 Å². The third kappa shape index (κ3) is 4.22. The van der Waals surface area contributed by atoms with Crippen molar-refractivity contribution in [1.29, 1.82) is 0 Å². The smallest absolute Gasteiger partial charge is 0.257 e. The largest absolute Gasteiger partial charge is 0.339 e. The lowest BCUT2D eigenvalue weighted by molar-refractivity contribution is 0.0707. The number of hydrogen-bond acceptors (Lipinski definition) is 4. The molecule has 0 unspecified atom stereocenters. The summed E-state index contributed by atoms with van der Waals surface area (Å²) >= 11 is 0. The summed E-state index contributed by atoms with van der Waals surface area (Å²) in [6.07, 6.45) is 5.04. The number of anilines is 1. The third-order valence-electron chi connectivity index (χ3n) is 4.48. The molecule has 1 saturated heterocycles. The predicted octanol–water partition coefficient (Wildman–Crippen LogP) is 2.16. The fraction of sp³-hybridized carbons (Fsp3) is 0.316. The topological polar surface area (TPSA) is 74.3 Å². The van der Waals surface area contributed by atoms with Crippen LogP contribution in [-0.2, 0) is 0 Å². The minimum Gasteiger partial charge on any atom is -0.339 e. The second kappa shape index (κ2) is 7.90. The lowest BCUT2D eigenvalue weighted by Gasteiger charge is -2.32. The van der Waals surface area contributed by atoms with E-state index in [2.05, 4.69) is 15.6 Å². The highest BCUT2D eigenvalue weighted by atomic mass is 16.2. The van der Waals surface area contributed by atoms with Crippen LogP contribution in [0.4, 0.5) is 5.69 Å². The number of amides is 2. The number of carbonyl (C=O) groups excluding carboxylic acids is 2. The number of nitrogens with one attached hydrogen (secondary N) is 2. The molecule has 1 aliphatic rings. The van der Waals surface area contributed by atoms with Crippen LogP contribution in [0.25, 0.3) is 0 Å². The molecule has 0 aliphatic carbocycles. The lowest BCUT2D eigenvalue weighted by Crippen LogP contribution is -2.43. The van der Waals surface area contributed by atoms with Crippen LogP contribution in [0.15, 0.2) is 48.8 Å². The lowest BCUT2D eigenvalue weighted by atomic mass is 10.0. The normalized spacial score (nSPS) is 15.0. The first-order valence-electron chi connectivity index (χ1n) is 8.45. The SMILES string of the molecule is CNC1CCN(C(=O)c2cccc(NC(=O)c3cccnc3)c2)CC1. The molecule has 0 saturated carbocycles. The summed E-state index contributed by atoms with van der Waals surface area (Å²) in [5, 5.41) is 6.07. The number of likely N-dealkylation sites (tertiary alicyclic amines) is 1. The van der Waals surface area contributed by atoms with Crippen LogP contribution in [0.1, 0.15) is 33.6 Å². The minimum atomic E-state index is -0.243. The van der Waals surface area contributed by atoms with Crippen molar-refractivity contribution in [3.63, 3.8) is 0 Å². The molecule has 3 rings (SSSR count). The predicted molar refractivity (Wildman–Crippen MR) is 96.6 cm³/mol. The maximum Gasteiger partial charge on any atom is 0.257 e. The Morgan fingerprint density at radius 1 is 1.12 bits per heavy atom. The highest BCUT2D eigenvalue weighted by Crippen LogP contribution is 2.17. The fourth-order valence-corrected chi connectivity index (χ4v) is 2.98. The van der Waals surface area contributed by atoms with E-state index < -0.39 is 0 Å². The molecular formula is C19H22N4O2. The monoisotopic (exact) mass is 338 g/mol. The zero-order valence-electron chi connectivity index (χ0n) is 14.2. The molecule has 130 valence electrons. The molecule has 1 aromatic carbocycles. The number of carbonyl (C=O) groups is 2. The number of benzene rings is 1. The van der Waals surface area contributed by atoms with Gasteiger partial charge >= 0.3 is 0 Å². The summed E-state index contributed by atoms with van der Waals surface area (Å²) in [7, 11) is 1.95. The highest BCUT2D eigenvalue weighted by Gasteiger charge is 2.22. The molecule has 0 spiro atoms. The van der Waals surface area contributed by atoms with E-state index in [1.165, 1.54) is 6.20 Å². The average Bonchev–Trinajstić information content (AvgIpc) is 2.68. The van der Waals surface area contributed by atoms with Gasteiger partial charge in [-0.2, -0.15) is 0 Å². The first kappa shape index (κ1) is 17.1. The quantitative estimate of drug-likeness (QED) is 0.896. The third-order valence-corrected chi connectivity index (χ3v) is 4.48. The van der Waals surface area contributed by atoms with Gasteiger partial charge in [-0.1, -0.05) is 6.07 Å². The molecule has 0 atom stereocenters. The Morgan fingerprint density at radius 2 is 1.88 bits per heavy atom. The van der Waals surface area contributed by atoms with Gasteiger partial charge < -0.3 is 15.5 Å². The Kier molecular flexibility index (Phi) is 5.40. The molecule has 2 amide bonds. The van der Waals surface area contributed by atoms with Gasteiger partial charge in [-0.3, -0.25) is 14.6 Å². The molecular weight excluding hydrogens is 316 g/mol. The highest BCUT2D eigenvalue weighted by molar-refractivity contribution is 6.04. The molecule has 0 bridgehead atoms. The molecule has 25 heavy (non-hydrogen) atoms. The van der Waals surface area contributed by atoms with Gasteiger partial charge in [0.2, 0.25) is 0 Å². The standard InChI is InChI=1S/C19H22N4O2/c1-20-16-7-10-23(11-8-16)19(25)14-4-2-6-17(12-14)22-18(24)15-5-3-9-21-13-15/h2-6,9,12-13,16,20H,7-8,10-11H2,1H3,(H,22,24). The molecule has 6 nitrogen and oxygen atoms in total. The van der Waals surface area contributed by atoms with E-state index in [1.54, 1.807) is 42.6 Å². The fourth-order valence-electron chi connectivity index (χ4n) is 2.98. The van der Waals surface area contributed by atoms with Crippen molar-refractivity contribution in [3.8, 4) is 0 Å². The zero-order valence-corrected chi connectivity index (χ0v) is 14.2. The van der Waals surface area contributed by atoms with Gasteiger partial charge in [-0.25, -0.2) is 0 Å². The second-order valence-electron chi connectivity index (χ2n) is 6.13. The maximum absolute atomic E-state index is 12.7. The molecule has 6 heteroatoms. The van der Waals surface area contributed by atoms with Crippen molar-refractivity contribution in [3.05, 3.63) is 59.9 Å². The van der Waals surface area contributed by atoms with Gasteiger partial charge in [-0.05, 0) is 50.2 Å². The van der Waals surface area contributed by atoms with Crippen molar-refractivity contribution in [2.45, 2.75) is 18.9 Å². The summed E-state index contributed by atoms with van der Waals surface area (Å²) in [5.74, 6) is -0.237. The van der Waals surface area contributed by atoms with E-state index in [1.807, 2.05) is 11.9 Å². The van der Waals surface area contributed by atoms with E-state index in [-0.39, 0.29) is 11.8 Å². The van der Waals surface area contributed by atoms with E-state index in [4.69, 9.17) is 0 Å². The van der Waals surface area contributed by atoms with Gasteiger partial charge in [0.25, 0.3) is 11.8 Å². The van der Waals surface area contributed by atoms with Crippen LogP contribution in [-0.4, -0.2) is 47.9 Å². The van der Waals surface area contributed by atoms with Crippen molar-refractivity contribution in [2.24, 2.45) is 0 Å². The number of aromatic nitrogens is 1. The summed E-state index contributed by atoms with van der Waals surface area (Å²) < 4.78 is 0. The molecule has 1 aromatic heterocycles. The van der Waals surface area contributed by atoms with Crippen LogP contribution >= 0.6 is 0 Å². The zero-order chi connectivity index (χ0) is 17.6. The number of rotatable bonds is 4. The van der Waals surface area contributed by atoms with Crippen molar-refractivity contribution >= 4 is 17.5 Å². The van der Waals surface area contributed by atoms with E-state index in [0.717, 1.165) is 25.9 Å². The van der Waals surface area contributed by atoms with Crippen LogP contribution < -0.4 is 10.6 Å². The second-order valence-corrected chi connectivity index (χ2v) is 6.13. The molecule has 1 aliphatic heterocycles. The number of piperidine rings is 1. The first-order chi connectivity index (χ1) is 12.2. The molecule has 2 N–H and O–H groups in total. The van der Waals surface area contributed by atoms with Gasteiger partial charge in [0.15, 0.2) is 0 Å². The molecule has 2 aromatic rings. The minimum absolute atomic E-state index is 0.00651. The van der Waals surface area contributed by atoms with Crippen LogP contribution in [0.5, 0.6) is 0 Å². The van der Waals surface area contributed by atoms with Crippen LogP contribution in [0.3, 0.4) is 0 Å². The van der Waals surface area contributed by atoms with Gasteiger partial charge in [0, 0.05) is 42.8 Å². The van der Waals surface area contributed by atoms with E-state index >= 15 is 0 Å². The summed E-state index contributed by atoms with van der Waals surface area (Å²) in [6, 6.07) is 11.0. The molecule has 0 radical (unpaired) electrons. The number of hydrogen-bond donors (Lipinski definition) is 2. The average molecular weight is 338 g/mol. The Morgan fingerprint density at radius 3 is 2.56 bits per heavy atom. The van der Waals surface area contributed by atoms with Gasteiger partial charge in [0.05, 0.1) is 5.56 Å². The Labute approximate surface area is 147 Å². The van der Waals surface area contributed by atoms with E-state index in [0.29, 0.717) is 22.9 Å².